The number of hydrogen-bond donors (Lipinski definition) is 0. The second kappa shape index (κ2) is 7.49. The lowest BCUT2D eigenvalue weighted by Crippen LogP contribution is -2.06. The molecule has 0 aromatic heterocycles. The molecule has 1 heterocycles. The first-order valence-corrected chi connectivity index (χ1v) is 8.02. The van der Waals surface area contributed by atoms with Crippen LogP contribution in [-0.4, -0.2) is 33.2 Å². The SMILES string of the molecule is COc1ccc(C2=NC(=Cc3ccc(OC)c(OC)c3)C(=O)O2)c(Cl)c1. The van der Waals surface area contributed by atoms with Gasteiger partial charge in [-0.2, -0.15) is 0 Å². The van der Waals surface area contributed by atoms with Crippen molar-refractivity contribution in [2.24, 2.45) is 4.99 Å². The number of esters is 1. The molecule has 0 aliphatic carbocycles. The number of benzene rings is 2. The van der Waals surface area contributed by atoms with Crippen molar-refractivity contribution < 1.29 is 23.7 Å². The van der Waals surface area contributed by atoms with Crippen LogP contribution in [0.25, 0.3) is 6.08 Å². The third-order valence-corrected chi connectivity index (χ3v) is 4.05. The monoisotopic (exact) mass is 373 g/mol. The standard InChI is InChI=1S/C19H16ClNO5/c1-23-12-5-6-13(14(20)10-12)18-21-15(19(22)26-18)8-11-4-7-16(24-2)17(9-11)25-3/h4-10H,1-3H3. The average molecular weight is 374 g/mol. The number of halogens is 1. The molecule has 2 aromatic rings. The van der Waals surface area contributed by atoms with E-state index < -0.39 is 5.97 Å². The zero-order valence-electron chi connectivity index (χ0n) is 14.4. The van der Waals surface area contributed by atoms with Gasteiger partial charge in [-0.1, -0.05) is 17.7 Å². The molecule has 0 spiro atoms. The maximum absolute atomic E-state index is 12.1. The minimum atomic E-state index is -0.554. The minimum Gasteiger partial charge on any atom is -0.497 e. The highest BCUT2D eigenvalue weighted by molar-refractivity contribution is 6.34. The summed E-state index contributed by atoms with van der Waals surface area (Å²) >= 11 is 6.21. The van der Waals surface area contributed by atoms with Crippen LogP contribution in [0.3, 0.4) is 0 Å². The van der Waals surface area contributed by atoms with E-state index in [1.54, 1.807) is 63.8 Å². The summed E-state index contributed by atoms with van der Waals surface area (Å²) in [6.45, 7) is 0. The van der Waals surface area contributed by atoms with Crippen LogP contribution in [0.2, 0.25) is 5.02 Å². The number of hydrogen-bond acceptors (Lipinski definition) is 6. The number of methoxy groups -OCH3 is 3. The lowest BCUT2D eigenvalue weighted by atomic mass is 10.1. The van der Waals surface area contributed by atoms with Crippen molar-refractivity contribution >= 4 is 29.5 Å². The summed E-state index contributed by atoms with van der Waals surface area (Å²) < 4.78 is 20.8. The fraction of sp³-hybridized carbons (Fsp3) is 0.158. The summed E-state index contributed by atoms with van der Waals surface area (Å²) in [5, 5.41) is 0.378. The molecule has 1 aliphatic heterocycles. The lowest BCUT2D eigenvalue weighted by molar-refractivity contribution is -0.129. The van der Waals surface area contributed by atoms with Gasteiger partial charge in [0, 0.05) is 0 Å². The summed E-state index contributed by atoms with van der Waals surface area (Å²) in [6, 6.07) is 10.3. The number of aliphatic imine (C=N–C) groups is 1. The maximum Gasteiger partial charge on any atom is 0.363 e. The van der Waals surface area contributed by atoms with Gasteiger partial charge in [-0.05, 0) is 42.0 Å². The molecule has 0 bridgehead atoms. The average Bonchev–Trinajstić information content (AvgIpc) is 3.01. The number of ether oxygens (including phenoxy) is 4. The molecule has 3 rings (SSSR count). The maximum atomic E-state index is 12.1. The highest BCUT2D eigenvalue weighted by Gasteiger charge is 2.26. The van der Waals surface area contributed by atoms with Crippen molar-refractivity contribution in [3.05, 3.63) is 58.2 Å². The van der Waals surface area contributed by atoms with Crippen LogP contribution in [0.15, 0.2) is 47.1 Å². The molecule has 134 valence electrons. The van der Waals surface area contributed by atoms with Gasteiger partial charge in [-0.15, -0.1) is 0 Å². The van der Waals surface area contributed by atoms with E-state index in [0.29, 0.717) is 27.8 Å². The van der Waals surface area contributed by atoms with Crippen LogP contribution in [0, 0.1) is 0 Å². The minimum absolute atomic E-state index is 0.148. The first-order chi connectivity index (χ1) is 12.5. The number of rotatable bonds is 5. The first kappa shape index (κ1) is 17.8. The fourth-order valence-corrected chi connectivity index (χ4v) is 2.67. The summed E-state index contributed by atoms with van der Waals surface area (Å²) in [5.41, 5.74) is 1.40. The van der Waals surface area contributed by atoms with Gasteiger partial charge >= 0.3 is 5.97 Å². The fourth-order valence-electron chi connectivity index (χ4n) is 2.42. The Hall–Kier alpha value is -2.99. The third-order valence-electron chi connectivity index (χ3n) is 3.74. The van der Waals surface area contributed by atoms with E-state index in [4.69, 9.17) is 30.5 Å². The zero-order valence-corrected chi connectivity index (χ0v) is 15.2. The van der Waals surface area contributed by atoms with Gasteiger partial charge in [-0.25, -0.2) is 9.79 Å². The Morgan fingerprint density at radius 3 is 2.42 bits per heavy atom. The van der Waals surface area contributed by atoms with Gasteiger partial charge < -0.3 is 18.9 Å². The molecule has 0 saturated carbocycles. The van der Waals surface area contributed by atoms with E-state index in [9.17, 15) is 4.79 Å². The van der Waals surface area contributed by atoms with Crippen LogP contribution in [0.4, 0.5) is 0 Å². The molecule has 7 heteroatoms. The smallest absolute Gasteiger partial charge is 0.363 e. The second-order valence-corrected chi connectivity index (χ2v) is 5.70. The Morgan fingerprint density at radius 2 is 1.77 bits per heavy atom. The Balaban J connectivity index is 1.94. The van der Waals surface area contributed by atoms with E-state index in [0.717, 1.165) is 5.56 Å². The van der Waals surface area contributed by atoms with Crippen LogP contribution in [-0.2, 0) is 9.53 Å². The number of carbonyl (C=O) groups excluding carboxylic acids is 1. The van der Waals surface area contributed by atoms with Crippen molar-refractivity contribution in [3.8, 4) is 17.2 Å². The topological polar surface area (TPSA) is 66.3 Å². The molecule has 6 nitrogen and oxygen atoms in total. The Labute approximate surface area is 155 Å². The van der Waals surface area contributed by atoms with Crippen LogP contribution in [0.1, 0.15) is 11.1 Å². The van der Waals surface area contributed by atoms with Gasteiger partial charge in [0.15, 0.2) is 17.2 Å². The lowest BCUT2D eigenvalue weighted by Gasteiger charge is -2.07. The van der Waals surface area contributed by atoms with Gasteiger partial charge in [0.25, 0.3) is 0 Å². The van der Waals surface area contributed by atoms with E-state index in [1.165, 1.54) is 0 Å². The van der Waals surface area contributed by atoms with E-state index in [1.807, 2.05) is 0 Å². The van der Waals surface area contributed by atoms with Gasteiger partial charge in [0.1, 0.15) is 5.75 Å². The van der Waals surface area contributed by atoms with Crippen LogP contribution < -0.4 is 14.2 Å². The van der Waals surface area contributed by atoms with Gasteiger partial charge in [0.2, 0.25) is 5.90 Å². The van der Waals surface area contributed by atoms with E-state index in [2.05, 4.69) is 4.99 Å². The normalized spacial score (nSPS) is 14.8. The highest BCUT2D eigenvalue weighted by Crippen LogP contribution is 2.30. The van der Waals surface area contributed by atoms with Crippen molar-refractivity contribution in [2.45, 2.75) is 0 Å². The molecule has 0 fully saturated rings. The molecule has 1 aliphatic rings. The van der Waals surface area contributed by atoms with Crippen LogP contribution in [0.5, 0.6) is 17.2 Å². The Bertz CT molecular complexity index is 920. The van der Waals surface area contributed by atoms with Gasteiger partial charge in [0.05, 0.1) is 31.9 Å². The summed E-state index contributed by atoms with van der Waals surface area (Å²) in [5.74, 6) is 1.34. The number of cyclic esters (lactones) is 1. The second-order valence-electron chi connectivity index (χ2n) is 5.30. The molecule has 0 atom stereocenters. The zero-order chi connectivity index (χ0) is 18.7. The van der Waals surface area contributed by atoms with Gasteiger partial charge in [-0.3, -0.25) is 0 Å². The van der Waals surface area contributed by atoms with E-state index >= 15 is 0 Å². The summed E-state index contributed by atoms with van der Waals surface area (Å²) in [4.78, 5) is 16.4. The summed E-state index contributed by atoms with van der Waals surface area (Å²) in [6.07, 6.45) is 1.61. The molecule has 0 unspecified atom stereocenters. The molecule has 2 aromatic carbocycles. The van der Waals surface area contributed by atoms with Crippen molar-refractivity contribution in [1.29, 1.82) is 0 Å². The molecule has 26 heavy (non-hydrogen) atoms. The molecular formula is C19H16ClNO5. The number of carbonyl (C=O) groups is 1. The van der Waals surface area contributed by atoms with Crippen LogP contribution >= 0.6 is 11.6 Å². The molecule has 0 saturated heterocycles. The molecule has 0 radical (unpaired) electrons. The Kier molecular flexibility index (Phi) is 5.14. The molecule has 0 N–H and O–H groups in total. The van der Waals surface area contributed by atoms with Crippen molar-refractivity contribution in [3.63, 3.8) is 0 Å². The van der Waals surface area contributed by atoms with Crippen molar-refractivity contribution in [1.82, 2.24) is 0 Å². The van der Waals surface area contributed by atoms with E-state index in [-0.39, 0.29) is 11.6 Å². The first-order valence-electron chi connectivity index (χ1n) is 7.64. The highest BCUT2D eigenvalue weighted by atomic mass is 35.5. The predicted molar refractivity (Wildman–Crippen MR) is 98.2 cm³/mol. The summed E-state index contributed by atoms with van der Waals surface area (Å²) in [7, 11) is 4.64. The van der Waals surface area contributed by atoms with Crippen molar-refractivity contribution in [2.75, 3.05) is 21.3 Å². The number of nitrogens with zero attached hydrogens (tertiary/aromatic N) is 1. The largest absolute Gasteiger partial charge is 0.497 e. The predicted octanol–water partition coefficient (Wildman–Crippen LogP) is 3.71. The quantitative estimate of drug-likeness (QED) is 0.590. The molecule has 0 amide bonds. The molecular weight excluding hydrogens is 358 g/mol. The third kappa shape index (κ3) is 3.50. The Morgan fingerprint density at radius 1 is 1.00 bits per heavy atom.